The van der Waals surface area contributed by atoms with Crippen LogP contribution in [0.3, 0.4) is 0 Å². The summed E-state index contributed by atoms with van der Waals surface area (Å²) in [6.07, 6.45) is 0. The number of hydrogen-bond acceptors (Lipinski definition) is 3. The number of nitrogens with zero attached hydrogens (tertiary/aromatic N) is 2. The Bertz CT molecular complexity index is 1130. The largest absolute Gasteiger partial charge is 0.330 e. The molecular weight excluding hydrogens is 350 g/mol. The number of rotatable bonds is 2. The Labute approximate surface area is 155 Å². The van der Waals surface area contributed by atoms with E-state index in [1.165, 1.54) is 5.56 Å². The second-order valence-electron chi connectivity index (χ2n) is 5.87. The molecule has 0 aliphatic rings. The van der Waals surface area contributed by atoms with E-state index in [2.05, 4.69) is 34.0 Å². The summed E-state index contributed by atoms with van der Waals surface area (Å²) in [7, 11) is 0. The maximum Gasteiger partial charge on any atom is 0.197 e. The number of hydrogen-bond donors (Lipinski definition) is 1. The molecule has 0 unspecified atom stereocenters. The van der Waals surface area contributed by atoms with Gasteiger partial charge in [-0.2, -0.15) is 0 Å². The second kappa shape index (κ2) is 6.39. The lowest BCUT2D eigenvalue weighted by Gasteiger charge is -2.09. The van der Waals surface area contributed by atoms with Crippen LogP contribution in [0.2, 0.25) is 5.15 Å². The van der Waals surface area contributed by atoms with Crippen LogP contribution in [0.4, 0.5) is 0 Å². The molecule has 2 aromatic heterocycles. The van der Waals surface area contributed by atoms with Crippen LogP contribution in [0, 0.1) is 11.7 Å². The van der Waals surface area contributed by atoms with Gasteiger partial charge >= 0.3 is 0 Å². The Morgan fingerprint density at radius 2 is 1.72 bits per heavy atom. The van der Waals surface area contributed by atoms with Crippen molar-refractivity contribution in [3.63, 3.8) is 0 Å². The second-order valence-corrected chi connectivity index (χ2v) is 6.62. The van der Waals surface area contributed by atoms with Crippen molar-refractivity contribution in [2.24, 2.45) is 0 Å². The molecule has 1 N–H and O–H groups in total. The van der Waals surface area contributed by atoms with Gasteiger partial charge in [-0.1, -0.05) is 59.6 Å². The third-order valence-electron chi connectivity index (χ3n) is 4.06. The summed E-state index contributed by atoms with van der Waals surface area (Å²) in [5, 5.41) is 1.46. The number of aromatic amines is 1. The predicted octanol–water partition coefficient (Wildman–Crippen LogP) is 5.98. The summed E-state index contributed by atoms with van der Waals surface area (Å²) in [6, 6.07) is 20.0. The van der Waals surface area contributed by atoms with Crippen LogP contribution in [0.1, 0.15) is 5.56 Å². The first-order chi connectivity index (χ1) is 12.1. The lowest BCUT2D eigenvalue weighted by molar-refractivity contribution is 1.14. The minimum absolute atomic E-state index is 0.414. The molecular formula is C20H14ClN3S. The fourth-order valence-corrected chi connectivity index (χ4v) is 3.21. The summed E-state index contributed by atoms with van der Waals surface area (Å²) in [5.74, 6) is 0. The highest BCUT2D eigenvalue weighted by atomic mass is 35.5. The van der Waals surface area contributed by atoms with E-state index in [9.17, 15) is 0 Å². The lowest BCUT2D eigenvalue weighted by atomic mass is 10.1. The van der Waals surface area contributed by atoms with Gasteiger partial charge in [-0.25, -0.2) is 9.97 Å². The number of benzene rings is 2. The van der Waals surface area contributed by atoms with Gasteiger partial charge in [-0.05, 0) is 37.3 Å². The zero-order valence-electron chi connectivity index (χ0n) is 13.5. The van der Waals surface area contributed by atoms with E-state index < -0.39 is 0 Å². The molecule has 2 aromatic carbocycles. The fourth-order valence-electron chi connectivity index (χ4n) is 2.76. The highest BCUT2D eigenvalue weighted by Gasteiger charge is 2.10. The molecule has 2 heterocycles. The number of halogens is 1. The third-order valence-corrected chi connectivity index (χ3v) is 4.54. The zero-order valence-corrected chi connectivity index (χ0v) is 15.0. The van der Waals surface area contributed by atoms with Gasteiger partial charge in [0.1, 0.15) is 5.15 Å². The monoisotopic (exact) mass is 363 g/mol. The van der Waals surface area contributed by atoms with Gasteiger partial charge in [0.05, 0.1) is 16.9 Å². The van der Waals surface area contributed by atoms with E-state index in [-0.39, 0.29) is 0 Å². The van der Waals surface area contributed by atoms with Crippen LogP contribution >= 0.6 is 23.8 Å². The van der Waals surface area contributed by atoms with E-state index >= 15 is 0 Å². The molecule has 0 amide bonds. The molecule has 0 spiro atoms. The first kappa shape index (κ1) is 15.9. The maximum atomic E-state index is 6.42. The summed E-state index contributed by atoms with van der Waals surface area (Å²) in [4.78, 5) is 12.1. The van der Waals surface area contributed by atoms with Crippen molar-refractivity contribution in [2.75, 3.05) is 0 Å². The van der Waals surface area contributed by atoms with Crippen molar-refractivity contribution < 1.29 is 0 Å². The van der Waals surface area contributed by atoms with E-state index in [4.69, 9.17) is 23.8 Å². The van der Waals surface area contributed by atoms with Crippen LogP contribution in [0.25, 0.3) is 33.4 Å². The van der Waals surface area contributed by atoms with Crippen LogP contribution in [-0.2, 0) is 0 Å². The Balaban J connectivity index is 1.90. The zero-order chi connectivity index (χ0) is 17.4. The van der Waals surface area contributed by atoms with Gasteiger partial charge < -0.3 is 4.98 Å². The molecule has 0 aliphatic heterocycles. The van der Waals surface area contributed by atoms with Crippen molar-refractivity contribution >= 4 is 34.7 Å². The van der Waals surface area contributed by atoms with E-state index in [0.717, 1.165) is 33.4 Å². The maximum absolute atomic E-state index is 6.42. The summed E-state index contributed by atoms with van der Waals surface area (Å²) in [6.45, 7) is 2.06. The number of aromatic nitrogens is 3. The van der Waals surface area contributed by atoms with Crippen LogP contribution in [0.15, 0.2) is 60.7 Å². The highest BCUT2D eigenvalue weighted by molar-refractivity contribution is 7.71. The number of fused-ring (bicyclic) bond motifs is 1. The first-order valence-corrected chi connectivity index (χ1v) is 8.63. The number of para-hydroxylation sites is 1. The summed E-state index contributed by atoms with van der Waals surface area (Å²) in [5.41, 5.74) is 5.50. The van der Waals surface area contributed by atoms with Crippen molar-refractivity contribution in [3.05, 3.63) is 76.2 Å². The SMILES string of the molecule is Cc1ccc(-c2cc(-c3cc4ccccc4nc3Cl)[nH]c(=S)n2)cc1. The van der Waals surface area contributed by atoms with E-state index in [0.29, 0.717) is 9.92 Å². The molecule has 0 saturated heterocycles. The van der Waals surface area contributed by atoms with Crippen molar-refractivity contribution in [2.45, 2.75) is 6.92 Å². The minimum Gasteiger partial charge on any atom is -0.330 e. The Kier molecular flexibility index (Phi) is 4.07. The molecule has 5 heteroatoms. The molecule has 122 valence electrons. The molecule has 0 saturated carbocycles. The number of nitrogens with one attached hydrogen (secondary N) is 1. The summed E-state index contributed by atoms with van der Waals surface area (Å²) >= 11 is 11.7. The van der Waals surface area contributed by atoms with Gasteiger partial charge in [0.2, 0.25) is 0 Å². The van der Waals surface area contributed by atoms with Crippen LogP contribution in [0.5, 0.6) is 0 Å². The lowest BCUT2D eigenvalue weighted by Crippen LogP contribution is -1.94. The Morgan fingerprint density at radius 1 is 0.960 bits per heavy atom. The van der Waals surface area contributed by atoms with Crippen molar-refractivity contribution in [1.82, 2.24) is 15.0 Å². The van der Waals surface area contributed by atoms with Gasteiger partial charge in [0.25, 0.3) is 0 Å². The fraction of sp³-hybridized carbons (Fsp3) is 0.0500. The van der Waals surface area contributed by atoms with Gasteiger partial charge in [0.15, 0.2) is 4.77 Å². The predicted molar refractivity (Wildman–Crippen MR) is 105 cm³/mol. The number of aryl methyl sites for hydroxylation is 1. The molecule has 0 bridgehead atoms. The topological polar surface area (TPSA) is 41.6 Å². The van der Waals surface area contributed by atoms with Crippen LogP contribution < -0.4 is 0 Å². The van der Waals surface area contributed by atoms with E-state index in [1.807, 2.05) is 48.5 Å². The number of pyridine rings is 1. The standard InChI is InChI=1S/C20H14ClN3S/c1-12-6-8-13(9-7-12)17-11-18(24-20(25)23-17)15-10-14-4-2-3-5-16(14)22-19(15)21/h2-11H,1H3,(H,23,24,25). The quantitative estimate of drug-likeness (QED) is 0.351. The molecule has 3 nitrogen and oxygen atoms in total. The van der Waals surface area contributed by atoms with Crippen molar-refractivity contribution in [1.29, 1.82) is 0 Å². The molecule has 25 heavy (non-hydrogen) atoms. The van der Waals surface area contributed by atoms with E-state index in [1.54, 1.807) is 0 Å². The normalized spacial score (nSPS) is 11.0. The number of H-pyrrole nitrogens is 1. The molecule has 4 aromatic rings. The van der Waals surface area contributed by atoms with Gasteiger partial charge in [-0.3, -0.25) is 0 Å². The smallest absolute Gasteiger partial charge is 0.197 e. The molecule has 0 radical (unpaired) electrons. The molecule has 0 fully saturated rings. The Hall–Kier alpha value is -2.56. The molecule has 4 rings (SSSR count). The van der Waals surface area contributed by atoms with Gasteiger partial charge in [-0.15, -0.1) is 0 Å². The first-order valence-electron chi connectivity index (χ1n) is 7.84. The Morgan fingerprint density at radius 3 is 2.52 bits per heavy atom. The van der Waals surface area contributed by atoms with Gasteiger partial charge in [0, 0.05) is 16.5 Å². The highest BCUT2D eigenvalue weighted by Crippen LogP contribution is 2.30. The third kappa shape index (κ3) is 3.18. The van der Waals surface area contributed by atoms with Crippen molar-refractivity contribution in [3.8, 4) is 22.5 Å². The molecule has 0 aliphatic carbocycles. The average molecular weight is 364 g/mol. The summed E-state index contributed by atoms with van der Waals surface area (Å²) < 4.78 is 0.414. The average Bonchev–Trinajstić information content (AvgIpc) is 2.61. The molecule has 0 atom stereocenters. The minimum atomic E-state index is 0.414. The van der Waals surface area contributed by atoms with Crippen LogP contribution in [-0.4, -0.2) is 15.0 Å².